The van der Waals surface area contributed by atoms with Crippen molar-refractivity contribution in [2.75, 3.05) is 13.7 Å². The molecule has 0 bridgehead atoms. The summed E-state index contributed by atoms with van der Waals surface area (Å²) in [5.41, 5.74) is 0. The van der Waals surface area contributed by atoms with Crippen LogP contribution in [0, 0.1) is 0 Å². The van der Waals surface area contributed by atoms with E-state index in [1.165, 1.54) is 36.8 Å². The normalized spacial score (nSPS) is 13.4. The van der Waals surface area contributed by atoms with Crippen LogP contribution in [0.1, 0.15) is 25.7 Å². The summed E-state index contributed by atoms with van der Waals surface area (Å²) >= 11 is 0. The van der Waals surface area contributed by atoms with Crippen LogP contribution in [0.3, 0.4) is 0 Å². The van der Waals surface area contributed by atoms with Crippen molar-refractivity contribution in [2.45, 2.75) is 37.5 Å². The third kappa shape index (κ3) is 5.32. The highest BCUT2D eigenvalue weighted by molar-refractivity contribution is 7.89. The van der Waals surface area contributed by atoms with Crippen molar-refractivity contribution in [3.05, 3.63) is 30.1 Å². The number of halogens is 3. The zero-order chi connectivity index (χ0) is 20.2. The van der Waals surface area contributed by atoms with Gasteiger partial charge in [-0.25, -0.2) is 13.1 Å². The third-order valence-corrected chi connectivity index (χ3v) is 5.04. The second kappa shape index (κ2) is 8.13. The molecule has 1 atom stereocenters. The Balaban J connectivity index is 2.22. The number of ether oxygens (including phenoxy) is 2. The SMILES string of the molecule is CCn1c(OCC(F)(F)F)nnc1[C@@H](C)NS(=O)(=O)c1cccc(OC)c1. The number of alkyl halides is 3. The average Bonchev–Trinajstić information content (AvgIpc) is 3.02. The van der Waals surface area contributed by atoms with E-state index in [2.05, 4.69) is 19.7 Å². The fourth-order valence-corrected chi connectivity index (χ4v) is 3.53. The van der Waals surface area contributed by atoms with Crippen molar-refractivity contribution in [3.63, 3.8) is 0 Å². The van der Waals surface area contributed by atoms with E-state index in [1.807, 2.05) is 0 Å². The highest BCUT2D eigenvalue weighted by Crippen LogP contribution is 2.23. The molecule has 0 amide bonds. The van der Waals surface area contributed by atoms with E-state index in [1.54, 1.807) is 13.0 Å². The summed E-state index contributed by atoms with van der Waals surface area (Å²) < 4.78 is 75.4. The molecule has 8 nitrogen and oxygen atoms in total. The first-order valence-corrected chi connectivity index (χ1v) is 9.34. The molecule has 0 aliphatic rings. The first kappa shape index (κ1) is 21.0. The van der Waals surface area contributed by atoms with Gasteiger partial charge in [-0.1, -0.05) is 11.2 Å². The topological polar surface area (TPSA) is 95.3 Å². The molecule has 1 aromatic heterocycles. The predicted molar refractivity (Wildman–Crippen MR) is 89.0 cm³/mol. The van der Waals surface area contributed by atoms with Gasteiger partial charge >= 0.3 is 12.2 Å². The standard InChI is InChI=1S/C15H19F3N4O4S/c1-4-22-13(19-20-14(22)26-9-15(16,17)18)10(2)21-27(23,24)12-7-5-6-11(8-12)25-3/h5-8,10,21H,4,9H2,1-3H3/t10-/m1/s1. The van der Waals surface area contributed by atoms with Gasteiger partial charge in [0.2, 0.25) is 10.0 Å². The number of benzene rings is 1. The molecule has 0 radical (unpaired) electrons. The van der Waals surface area contributed by atoms with E-state index in [0.717, 1.165) is 0 Å². The van der Waals surface area contributed by atoms with Gasteiger partial charge < -0.3 is 9.47 Å². The summed E-state index contributed by atoms with van der Waals surface area (Å²) in [6.07, 6.45) is -4.52. The molecule has 0 saturated heterocycles. The molecule has 0 unspecified atom stereocenters. The maximum atomic E-state index is 12.5. The van der Waals surface area contributed by atoms with Gasteiger partial charge in [0, 0.05) is 12.6 Å². The molecule has 0 fully saturated rings. The second-order valence-electron chi connectivity index (χ2n) is 5.51. The number of nitrogens with one attached hydrogen (secondary N) is 1. The molecule has 0 aliphatic heterocycles. The molecular weight excluding hydrogens is 389 g/mol. The summed E-state index contributed by atoms with van der Waals surface area (Å²) in [4.78, 5) is -0.0233. The van der Waals surface area contributed by atoms with Crippen LogP contribution in [0.2, 0.25) is 0 Å². The minimum Gasteiger partial charge on any atom is -0.497 e. The lowest BCUT2D eigenvalue weighted by molar-refractivity contribution is -0.155. The van der Waals surface area contributed by atoms with Gasteiger partial charge in [0.05, 0.1) is 18.0 Å². The van der Waals surface area contributed by atoms with Gasteiger partial charge in [-0.3, -0.25) is 4.57 Å². The zero-order valence-corrected chi connectivity index (χ0v) is 15.6. The lowest BCUT2D eigenvalue weighted by atomic mass is 10.3. The summed E-state index contributed by atoms with van der Waals surface area (Å²) in [5.74, 6) is 0.492. The Morgan fingerprint density at radius 1 is 1.30 bits per heavy atom. The van der Waals surface area contributed by atoms with Crippen LogP contribution in [0.5, 0.6) is 11.8 Å². The molecule has 2 aromatic rings. The van der Waals surface area contributed by atoms with Crippen molar-refractivity contribution in [1.82, 2.24) is 19.5 Å². The van der Waals surface area contributed by atoms with Gasteiger partial charge in [0.25, 0.3) is 0 Å². The Bertz CT molecular complexity index is 883. The first-order chi connectivity index (χ1) is 12.6. The van der Waals surface area contributed by atoms with Crippen molar-refractivity contribution in [1.29, 1.82) is 0 Å². The number of methoxy groups -OCH3 is 1. The number of nitrogens with zero attached hydrogens (tertiary/aromatic N) is 3. The Kier molecular flexibility index (Phi) is 6.31. The van der Waals surface area contributed by atoms with E-state index < -0.39 is 28.8 Å². The van der Waals surface area contributed by atoms with Gasteiger partial charge in [-0.05, 0) is 26.0 Å². The number of sulfonamides is 1. The van der Waals surface area contributed by atoms with Crippen molar-refractivity contribution in [3.8, 4) is 11.8 Å². The van der Waals surface area contributed by atoms with Crippen LogP contribution in [-0.2, 0) is 16.6 Å². The maximum absolute atomic E-state index is 12.5. The molecule has 0 spiro atoms. The minimum atomic E-state index is -4.52. The molecule has 0 aliphatic carbocycles. The Morgan fingerprint density at radius 3 is 2.59 bits per heavy atom. The first-order valence-electron chi connectivity index (χ1n) is 7.86. The third-order valence-electron chi connectivity index (χ3n) is 3.50. The van der Waals surface area contributed by atoms with Gasteiger partial charge in [0.1, 0.15) is 5.75 Å². The summed E-state index contributed by atoms with van der Waals surface area (Å²) in [7, 11) is -2.51. The number of rotatable bonds is 8. The second-order valence-corrected chi connectivity index (χ2v) is 7.22. The Morgan fingerprint density at radius 2 is 2.00 bits per heavy atom. The molecule has 1 aromatic carbocycles. The fourth-order valence-electron chi connectivity index (χ4n) is 2.29. The van der Waals surface area contributed by atoms with Gasteiger partial charge in [-0.2, -0.15) is 13.2 Å². The quantitative estimate of drug-likeness (QED) is 0.720. The molecule has 12 heteroatoms. The van der Waals surface area contributed by atoms with Crippen LogP contribution in [0.25, 0.3) is 0 Å². The van der Waals surface area contributed by atoms with Crippen molar-refractivity contribution in [2.24, 2.45) is 0 Å². The predicted octanol–water partition coefficient (Wildman–Crippen LogP) is 2.29. The van der Waals surface area contributed by atoms with Crippen LogP contribution >= 0.6 is 0 Å². The van der Waals surface area contributed by atoms with Crippen LogP contribution in [0.4, 0.5) is 13.2 Å². The maximum Gasteiger partial charge on any atom is 0.422 e. The van der Waals surface area contributed by atoms with Crippen LogP contribution in [-0.4, -0.2) is 43.1 Å². The number of hydrogen-bond donors (Lipinski definition) is 1. The average molecular weight is 408 g/mol. The molecule has 0 saturated carbocycles. The molecule has 150 valence electrons. The fraction of sp³-hybridized carbons (Fsp3) is 0.467. The van der Waals surface area contributed by atoms with E-state index >= 15 is 0 Å². The smallest absolute Gasteiger partial charge is 0.422 e. The molecule has 1 heterocycles. The largest absolute Gasteiger partial charge is 0.497 e. The summed E-state index contributed by atoms with van der Waals surface area (Å²) in [6, 6.07) is 4.65. The monoisotopic (exact) mass is 408 g/mol. The van der Waals surface area contributed by atoms with E-state index in [9.17, 15) is 21.6 Å². The van der Waals surface area contributed by atoms with E-state index in [0.29, 0.717) is 5.75 Å². The van der Waals surface area contributed by atoms with E-state index in [4.69, 9.17) is 4.74 Å². The van der Waals surface area contributed by atoms with Crippen LogP contribution < -0.4 is 14.2 Å². The van der Waals surface area contributed by atoms with Gasteiger partial charge in [0.15, 0.2) is 12.4 Å². The summed E-state index contributed by atoms with van der Waals surface area (Å²) in [6.45, 7) is 1.83. The molecule has 27 heavy (non-hydrogen) atoms. The van der Waals surface area contributed by atoms with Crippen LogP contribution in [0.15, 0.2) is 29.2 Å². The van der Waals surface area contributed by atoms with Crippen molar-refractivity contribution < 1.29 is 31.1 Å². The zero-order valence-electron chi connectivity index (χ0n) is 14.8. The summed E-state index contributed by atoms with van der Waals surface area (Å²) in [5, 5.41) is 7.35. The van der Waals surface area contributed by atoms with E-state index in [-0.39, 0.29) is 23.3 Å². The molecule has 2 rings (SSSR count). The Labute approximate surface area is 154 Å². The Hall–Kier alpha value is -2.34. The lowest BCUT2D eigenvalue weighted by Crippen LogP contribution is -2.29. The molecule has 1 N–H and O–H groups in total. The van der Waals surface area contributed by atoms with Crippen molar-refractivity contribution >= 4 is 10.0 Å². The number of aromatic nitrogens is 3. The minimum absolute atomic E-state index is 0.0233. The highest BCUT2D eigenvalue weighted by Gasteiger charge is 2.30. The van der Waals surface area contributed by atoms with Gasteiger partial charge in [-0.15, -0.1) is 5.10 Å². The number of hydrogen-bond acceptors (Lipinski definition) is 6. The highest BCUT2D eigenvalue weighted by atomic mass is 32.2. The molecular formula is C15H19F3N4O4S. The lowest BCUT2D eigenvalue weighted by Gasteiger charge is -2.16.